The summed E-state index contributed by atoms with van der Waals surface area (Å²) in [6.07, 6.45) is 1.88. The zero-order chi connectivity index (χ0) is 19.0. The van der Waals surface area contributed by atoms with Crippen molar-refractivity contribution in [3.05, 3.63) is 76.5 Å². The van der Waals surface area contributed by atoms with E-state index in [1.807, 2.05) is 47.0 Å². The standard InChI is InChI=1S/C18H14N6O3/c19-11-7-8-14(24(26)27)12(10-11)18(25)22-21-17-16-6-3-9-23(16)15-5-2-1-4-13(15)20-17/h1-10H,19H2,(H,20,21)(H,22,25). The molecule has 2 aromatic carbocycles. The van der Waals surface area contributed by atoms with Crippen LogP contribution in [0.3, 0.4) is 0 Å². The van der Waals surface area contributed by atoms with Crippen LogP contribution in [0.2, 0.25) is 0 Å². The van der Waals surface area contributed by atoms with E-state index in [1.54, 1.807) is 0 Å². The highest BCUT2D eigenvalue weighted by Gasteiger charge is 2.20. The lowest BCUT2D eigenvalue weighted by Crippen LogP contribution is -2.30. The molecule has 0 saturated heterocycles. The van der Waals surface area contributed by atoms with Crippen molar-refractivity contribution in [1.29, 1.82) is 0 Å². The maximum absolute atomic E-state index is 12.5. The molecule has 9 nitrogen and oxygen atoms in total. The summed E-state index contributed by atoms with van der Waals surface area (Å²) in [6.45, 7) is 0. The average molecular weight is 362 g/mol. The third-order valence-electron chi connectivity index (χ3n) is 4.12. The SMILES string of the molecule is Nc1ccc([N+](=O)[O-])c(C(=O)NNc2nc3ccccc3n3cccc23)c1. The van der Waals surface area contributed by atoms with E-state index in [-0.39, 0.29) is 16.9 Å². The number of anilines is 2. The van der Waals surface area contributed by atoms with Gasteiger partial charge in [-0.3, -0.25) is 25.8 Å². The van der Waals surface area contributed by atoms with Crippen LogP contribution in [0.4, 0.5) is 17.2 Å². The van der Waals surface area contributed by atoms with Crippen molar-refractivity contribution in [2.75, 3.05) is 11.2 Å². The van der Waals surface area contributed by atoms with Crippen LogP contribution in [-0.4, -0.2) is 20.2 Å². The zero-order valence-electron chi connectivity index (χ0n) is 13.9. The van der Waals surface area contributed by atoms with E-state index < -0.39 is 10.8 Å². The van der Waals surface area contributed by atoms with Crippen LogP contribution < -0.4 is 16.6 Å². The molecule has 4 aromatic rings. The predicted octanol–water partition coefficient (Wildman–Crippen LogP) is 2.73. The van der Waals surface area contributed by atoms with Gasteiger partial charge in [-0.15, -0.1) is 0 Å². The van der Waals surface area contributed by atoms with Crippen molar-refractivity contribution in [1.82, 2.24) is 14.8 Å². The Bertz CT molecular complexity index is 1200. The van der Waals surface area contributed by atoms with Crippen molar-refractivity contribution in [3.8, 4) is 0 Å². The number of para-hydroxylation sites is 2. The van der Waals surface area contributed by atoms with E-state index in [1.165, 1.54) is 18.2 Å². The monoisotopic (exact) mass is 362 g/mol. The Morgan fingerprint density at radius 1 is 1.11 bits per heavy atom. The molecule has 0 aliphatic carbocycles. The molecule has 2 aromatic heterocycles. The number of benzene rings is 2. The fourth-order valence-corrected chi connectivity index (χ4v) is 2.89. The molecule has 0 fully saturated rings. The van der Waals surface area contributed by atoms with Crippen LogP contribution in [0.1, 0.15) is 10.4 Å². The minimum absolute atomic E-state index is 0.139. The number of amides is 1. The van der Waals surface area contributed by atoms with E-state index in [0.717, 1.165) is 16.6 Å². The number of nitrogens with one attached hydrogen (secondary N) is 2. The van der Waals surface area contributed by atoms with Crippen LogP contribution in [-0.2, 0) is 0 Å². The summed E-state index contributed by atoms with van der Waals surface area (Å²) >= 11 is 0. The molecule has 2 heterocycles. The Balaban J connectivity index is 1.68. The van der Waals surface area contributed by atoms with Gasteiger partial charge in [-0.2, -0.15) is 0 Å². The number of hydrogen-bond donors (Lipinski definition) is 3. The molecule has 4 N–H and O–H groups in total. The lowest BCUT2D eigenvalue weighted by atomic mass is 10.1. The van der Waals surface area contributed by atoms with E-state index >= 15 is 0 Å². The molecule has 9 heteroatoms. The van der Waals surface area contributed by atoms with Crippen molar-refractivity contribution in [3.63, 3.8) is 0 Å². The van der Waals surface area contributed by atoms with Gasteiger partial charge in [0, 0.05) is 18.0 Å². The molecule has 0 radical (unpaired) electrons. The Labute approximate surface area is 152 Å². The Kier molecular flexibility index (Phi) is 3.81. The Morgan fingerprint density at radius 2 is 1.89 bits per heavy atom. The number of fused-ring (bicyclic) bond motifs is 3. The number of hydrogen-bond acceptors (Lipinski definition) is 6. The average Bonchev–Trinajstić information content (AvgIpc) is 3.16. The van der Waals surface area contributed by atoms with E-state index in [2.05, 4.69) is 15.8 Å². The Hall–Kier alpha value is -4.14. The maximum Gasteiger partial charge on any atom is 0.282 e. The molecule has 4 rings (SSSR count). The van der Waals surface area contributed by atoms with Gasteiger partial charge in [0.2, 0.25) is 0 Å². The third kappa shape index (κ3) is 2.86. The van der Waals surface area contributed by atoms with Gasteiger partial charge in [0.15, 0.2) is 5.82 Å². The van der Waals surface area contributed by atoms with Gasteiger partial charge in [0.05, 0.1) is 21.5 Å². The molecular formula is C18H14N6O3. The number of rotatable bonds is 4. The van der Waals surface area contributed by atoms with Crippen LogP contribution in [0.15, 0.2) is 60.8 Å². The van der Waals surface area contributed by atoms with Gasteiger partial charge in [0.25, 0.3) is 11.6 Å². The third-order valence-corrected chi connectivity index (χ3v) is 4.12. The number of nitrogen functional groups attached to an aromatic ring is 1. The van der Waals surface area contributed by atoms with Crippen molar-refractivity contribution < 1.29 is 9.72 Å². The molecule has 1 amide bonds. The zero-order valence-corrected chi connectivity index (χ0v) is 13.9. The second kappa shape index (κ2) is 6.30. The summed E-state index contributed by atoms with van der Waals surface area (Å²) in [4.78, 5) is 27.5. The van der Waals surface area contributed by atoms with E-state index in [4.69, 9.17) is 5.73 Å². The molecule has 134 valence electrons. The lowest BCUT2D eigenvalue weighted by molar-refractivity contribution is -0.385. The second-order valence-electron chi connectivity index (χ2n) is 5.83. The summed E-state index contributed by atoms with van der Waals surface area (Å²) in [5.41, 5.74) is 13.0. The van der Waals surface area contributed by atoms with Gasteiger partial charge >= 0.3 is 0 Å². The Morgan fingerprint density at radius 3 is 2.70 bits per heavy atom. The van der Waals surface area contributed by atoms with Crippen LogP contribution in [0.5, 0.6) is 0 Å². The van der Waals surface area contributed by atoms with E-state index in [0.29, 0.717) is 5.82 Å². The first kappa shape index (κ1) is 16.3. The first-order valence-corrected chi connectivity index (χ1v) is 8.00. The predicted molar refractivity (Wildman–Crippen MR) is 101 cm³/mol. The fourth-order valence-electron chi connectivity index (χ4n) is 2.89. The van der Waals surface area contributed by atoms with Crippen LogP contribution in [0, 0.1) is 10.1 Å². The number of carbonyl (C=O) groups excluding carboxylic acids is 1. The topological polar surface area (TPSA) is 128 Å². The summed E-state index contributed by atoms with van der Waals surface area (Å²) in [6, 6.07) is 15.1. The summed E-state index contributed by atoms with van der Waals surface area (Å²) in [7, 11) is 0. The number of nitro groups is 1. The number of hydrazine groups is 1. The highest BCUT2D eigenvalue weighted by molar-refractivity contribution is 6.00. The highest BCUT2D eigenvalue weighted by Crippen LogP contribution is 2.23. The van der Waals surface area contributed by atoms with Crippen LogP contribution >= 0.6 is 0 Å². The lowest BCUT2D eigenvalue weighted by Gasteiger charge is -2.12. The van der Waals surface area contributed by atoms with Gasteiger partial charge < -0.3 is 10.1 Å². The number of nitro benzene ring substituents is 1. The summed E-state index contributed by atoms with van der Waals surface area (Å²) < 4.78 is 1.93. The molecule has 0 aliphatic heterocycles. The van der Waals surface area contributed by atoms with Crippen molar-refractivity contribution in [2.24, 2.45) is 0 Å². The fraction of sp³-hybridized carbons (Fsp3) is 0. The maximum atomic E-state index is 12.5. The first-order chi connectivity index (χ1) is 13.0. The largest absolute Gasteiger partial charge is 0.399 e. The summed E-state index contributed by atoms with van der Waals surface area (Å²) in [5.74, 6) is -0.271. The molecule has 0 aliphatic rings. The minimum atomic E-state index is -0.686. The smallest absolute Gasteiger partial charge is 0.282 e. The number of nitrogens with zero attached hydrogens (tertiary/aromatic N) is 3. The van der Waals surface area contributed by atoms with Crippen molar-refractivity contribution >= 4 is 39.6 Å². The second-order valence-corrected chi connectivity index (χ2v) is 5.83. The van der Waals surface area contributed by atoms with E-state index in [9.17, 15) is 14.9 Å². The molecule has 0 spiro atoms. The molecule has 0 saturated carbocycles. The van der Waals surface area contributed by atoms with Gasteiger partial charge in [0.1, 0.15) is 5.56 Å². The number of nitrogens with two attached hydrogens (primary N) is 1. The number of carbonyl (C=O) groups is 1. The summed E-state index contributed by atoms with van der Waals surface area (Å²) in [5, 5.41) is 11.1. The molecule has 27 heavy (non-hydrogen) atoms. The van der Waals surface area contributed by atoms with Gasteiger partial charge in [-0.05, 0) is 36.4 Å². The molecule has 0 atom stereocenters. The molecular weight excluding hydrogens is 348 g/mol. The van der Waals surface area contributed by atoms with Crippen molar-refractivity contribution in [2.45, 2.75) is 0 Å². The normalized spacial score (nSPS) is 10.8. The first-order valence-electron chi connectivity index (χ1n) is 8.00. The van der Waals surface area contributed by atoms with Gasteiger partial charge in [-0.25, -0.2) is 4.98 Å². The highest BCUT2D eigenvalue weighted by atomic mass is 16.6. The molecule has 0 bridgehead atoms. The van der Waals surface area contributed by atoms with Crippen LogP contribution in [0.25, 0.3) is 16.6 Å². The molecule has 0 unspecified atom stereocenters. The quantitative estimate of drug-likeness (QED) is 0.291. The van der Waals surface area contributed by atoms with Gasteiger partial charge in [-0.1, -0.05) is 12.1 Å². The number of aromatic nitrogens is 2. The minimum Gasteiger partial charge on any atom is -0.399 e.